The van der Waals surface area contributed by atoms with Crippen molar-refractivity contribution >= 4 is 11.9 Å². The van der Waals surface area contributed by atoms with Gasteiger partial charge in [-0.15, -0.1) is 0 Å². The van der Waals surface area contributed by atoms with Crippen molar-refractivity contribution in [2.45, 2.75) is 31.1 Å². The molecule has 1 saturated heterocycles. The van der Waals surface area contributed by atoms with E-state index in [0.717, 1.165) is 24.8 Å². The molecule has 4 nitrogen and oxygen atoms in total. The summed E-state index contributed by atoms with van der Waals surface area (Å²) in [4.78, 5) is 25.2. The maximum absolute atomic E-state index is 12.7. The van der Waals surface area contributed by atoms with E-state index in [1.165, 1.54) is 0 Å². The fourth-order valence-electron chi connectivity index (χ4n) is 3.33. The standard InChI is InChI=1S/C16H19NO3/c18-14(19)9-12-10-17(11-12)15(20)16(7-4-8-16)13-5-2-1-3-6-13/h1-3,5-6,12H,4,7-11H2,(H,18,19). The second-order valence-corrected chi connectivity index (χ2v) is 5.98. The van der Waals surface area contributed by atoms with Crippen LogP contribution in [0.3, 0.4) is 0 Å². The number of nitrogens with zero attached hydrogens (tertiary/aromatic N) is 1. The molecule has 1 aromatic rings. The topological polar surface area (TPSA) is 57.6 Å². The molecule has 20 heavy (non-hydrogen) atoms. The van der Waals surface area contributed by atoms with Crippen LogP contribution in [0.1, 0.15) is 31.2 Å². The van der Waals surface area contributed by atoms with E-state index in [1.54, 1.807) is 0 Å². The second kappa shape index (κ2) is 4.93. The Hall–Kier alpha value is -1.84. The average molecular weight is 273 g/mol. The third kappa shape index (κ3) is 2.09. The van der Waals surface area contributed by atoms with Crippen molar-refractivity contribution in [2.75, 3.05) is 13.1 Å². The van der Waals surface area contributed by atoms with Gasteiger partial charge in [0.05, 0.1) is 11.8 Å². The van der Waals surface area contributed by atoms with E-state index < -0.39 is 5.97 Å². The third-order valence-electron chi connectivity index (χ3n) is 4.65. The highest BCUT2D eigenvalue weighted by atomic mass is 16.4. The minimum absolute atomic E-state index is 0.129. The smallest absolute Gasteiger partial charge is 0.303 e. The molecular formula is C16H19NO3. The predicted molar refractivity (Wildman–Crippen MR) is 74.3 cm³/mol. The number of hydrogen-bond acceptors (Lipinski definition) is 2. The Morgan fingerprint density at radius 1 is 1.20 bits per heavy atom. The van der Waals surface area contributed by atoms with Crippen molar-refractivity contribution in [3.8, 4) is 0 Å². The summed E-state index contributed by atoms with van der Waals surface area (Å²) in [6.07, 6.45) is 3.08. The van der Waals surface area contributed by atoms with Crippen molar-refractivity contribution < 1.29 is 14.7 Å². The van der Waals surface area contributed by atoms with Gasteiger partial charge in [-0.05, 0) is 18.4 Å². The van der Waals surface area contributed by atoms with Gasteiger partial charge in [-0.3, -0.25) is 9.59 Å². The van der Waals surface area contributed by atoms with E-state index in [-0.39, 0.29) is 23.7 Å². The van der Waals surface area contributed by atoms with Crippen LogP contribution < -0.4 is 0 Å². The summed E-state index contributed by atoms with van der Waals surface area (Å²) in [7, 11) is 0. The Morgan fingerprint density at radius 3 is 2.35 bits per heavy atom. The molecule has 1 saturated carbocycles. The Kier molecular flexibility index (Phi) is 3.24. The fourth-order valence-corrected chi connectivity index (χ4v) is 3.33. The van der Waals surface area contributed by atoms with Gasteiger partial charge in [0, 0.05) is 19.0 Å². The van der Waals surface area contributed by atoms with Gasteiger partial charge < -0.3 is 10.0 Å². The van der Waals surface area contributed by atoms with Gasteiger partial charge >= 0.3 is 5.97 Å². The van der Waals surface area contributed by atoms with Gasteiger partial charge in [0.15, 0.2) is 0 Å². The number of carboxylic acids is 1. The first kappa shape index (κ1) is 13.2. The first-order valence-electron chi connectivity index (χ1n) is 7.18. The number of likely N-dealkylation sites (tertiary alicyclic amines) is 1. The molecule has 1 aromatic carbocycles. The Balaban J connectivity index is 1.69. The van der Waals surface area contributed by atoms with Crippen molar-refractivity contribution in [1.29, 1.82) is 0 Å². The molecule has 0 atom stereocenters. The third-order valence-corrected chi connectivity index (χ3v) is 4.65. The summed E-state index contributed by atoms with van der Waals surface area (Å²) in [6, 6.07) is 9.99. The SMILES string of the molecule is O=C(O)CC1CN(C(=O)C2(c3ccccc3)CCC2)C1. The first-order valence-corrected chi connectivity index (χ1v) is 7.18. The number of hydrogen-bond donors (Lipinski definition) is 1. The summed E-state index contributed by atoms with van der Waals surface area (Å²) in [5.41, 5.74) is 0.771. The van der Waals surface area contributed by atoms with Gasteiger partial charge in [0.25, 0.3) is 0 Å². The number of aliphatic carboxylic acids is 1. The highest BCUT2D eigenvalue weighted by molar-refractivity contribution is 5.90. The van der Waals surface area contributed by atoms with E-state index in [9.17, 15) is 9.59 Å². The van der Waals surface area contributed by atoms with Crippen LogP contribution in [0.15, 0.2) is 30.3 Å². The molecule has 1 aliphatic heterocycles. The highest BCUT2D eigenvalue weighted by Gasteiger charge is 2.49. The number of carbonyl (C=O) groups is 2. The van der Waals surface area contributed by atoms with E-state index in [4.69, 9.17) is 5.11 Å². The minimum atomic E-state index is -0.775. The normalized spacial score (nSPS) is 20.9. The van der Waals surface area contributed by atoms with Gasteiger partial charge in [-0.25, -0.2) is 0 Å². The molecule has 106 valence electrons. The lowest BCUT2D eigenvalue weighted by molar-refractivity contribution is -0.151. The molecule has 0 aromatic heterocycles. The van der Waals surface area contributed by atoms with Gasteiger partial charge in [-0.2, -0.15) is 0 Å². The quantitative estimate of drug-likeness (QED) is 0.913. The maximum atomic E-state index is 12.7. The molecule has 1 heterocycles. The van der Waals surface area contributed by atoms with Crippen molar-refractivity contribution in [3.05, 3.63) is 35.9 Å². The zero-order valence-electron chi connectivity index (χ0n) is 11.4. The lowest BCUT2D eigenvalue weighted by Gasteiger charge is -2.48. The van der Waals surface area contributed by atoms with Gasteiger partial charge in [-0.1, -0.05) is 36.8 Å². The minimum Gasteiger partial charge on any atom is -0.481 e. The van der Waals surface area contributed by atoms with E-state index in [1.807, 2.05) is 35.2 Å². The fraction of sp³-hybridized carbons (Fsp3) is 0.500. The molecule has 3 rings (SSSR count). The first-order chi connectivity index (χ1) is 9.62. The zero-order valence-corrected chi connectivity index (χ0v) is 11.4. The molecule has 1 amide bonds. The van der Waals surface area contributed by atoms with Crippen LogP contribution in [-0.2, 0) is 15.0 Å². The second-order valence-electron chi connectivity index (χ2n) is 5.98. The monoisotopic (exact) mass is 273 g/mol. The molecular weight excluding hydrogens is 254 g/mol. The van der Waals surface area contributed by atoms with Crippen LogP contribution >= 0.6 is 0 Å². The maximum Gasteiger partial charge on any atom is 0.303 e. The van der Waals surface area contributed by atoms with E-state index in [0.29, 0.717) is 13.1 Å². The zero-order chi connectivity index (χ0) is 14.2. The number of amides is 1. The molecule has 2 aliphatic rings. The predicted octanol–water partition coefficient (Wildman–Crippen LogP) is 2.04. The van der Waals surface area contributed by atoms with Gasteiger partial charge in [0.1, 0.15) is 0 Å². The summed E-state index contributed by atoms with van der Waals surface area (Å²) >= 11 is 0. The Labute approximate surface area is 118 Å². The Bertz CT molecular complexity index is 516. The molecule has 1 aliphatic carbocycles. The van der Waals surface area contributed by atoms with Crippen molar-refractivity contribution in [1.82, 2.24) is 4.90 Å². The van der Waals surface area contributed by atoms with Crippen LogP contribution in [0.5, 0.6) is 0 Å². The Morgan fingerprint density at radius 2 is 1.85 bits per heavy atom. The lowest BCUT2D eigenvalue weighted by atomic mass is 9.63. The number of benzene rings is 1. The average Bonchev–Trinajstić information content (AvgIpc) is 2.33. The van der Waals surface area contributed by atoms with Gasteiger partial charge in [0.2, 0.25) is 5.91 Å². The molecule has 0 bridgehead atoms. The molecule has 2 fully saturated rings. The summed E-state index contributed by atoms with van der Waals surface area (Å²) in [5, 5.41) is 8.77. The summed E-state index contributed by atoms with van der Waals surface area (Å²) in [5.74, 6) is -0.454. The number of carboxylic acid groups (broad SMARTS) is 1. The highest BCUT2D eigenvalue weighted by Crippen LogP contribution is 2.46. The molecule has 0 unspecified atom stereocenters. The molecule has 0 spiro atoms. The van der Waals surface area contributed by atoms with Crippen LogP contribution in [0.2, 0.25) is 0 Å². The lowest BCUT2D eigenvalue weighted by Crippen LogP contribution is -2.59. The summed E-state index contributed by atoms with van der Waals surface area (Å²) in [6.45, 7) is 1.19. The van der Waals surface area contributed by atoms with Crippen LogP contribution in [0, 0.1) is 5.92 Å². The van der Waals surface area contributed by atoms with E-state index >= 15 is 0 Å². The molecule has 4 heteroatoms. The summed E-state index contributed by atoms with van der Waals surface area (Å²) < 4.78 is 0. The van der Waals surface area contributed by atoms with Crippen molar-refractivity contribution in [3.63, 3.8) is 0 Å². The van der Waals surface area contributed by atoms with Crippen LogP contribution in [0.4, 0.5) is 0 Å². The molecule has 0 radical (unpaired) electrons. The van der Waals surface area contributed by atoms with Crippen molar-refractivity contribution in [2.24, 2.45) is 5.92 Å². The van der Waals surface area contributed by atoms with Crippen LogP contribution in [-0.4, -0.2) is 35.0 Å². The number of rotatable bonds is 4. The number of carbonyl (C=O) groups excluding carboxylic acids is 1. The van der Waals surface area contributed by atoms with Crippen LogP contribution in [0.25, 0.3) is 0 Å². The molecule has 1 N–H and O–H groups in total. The largest absolute Gasteiger partial charge is 0.481 e. The van der Waals surface area contributed by atoms with E-state index in [2.05, 4.69) is 0 Å².